The molecule has 74 valence electrons. The van der Waals surface area contributed by atoms with Crippen LogP contribution in [0.15, 0.2) is 21.2 Å². The zero-order valence-electron chi connectivity index (χ0n) is 7.73. The van der Waals surface area contributed by atoms with Crippen LogP contribution >= 0.6 is 0 Å². The van der Waals surface area contributed by atoms with Gasteiger partial charge >= 0.3 is 0 Å². The van der Waals surface area contributed by atoms with E-state index in [1.54, 1.807) is 19.2 Å². The van der Waals surface area contributed by atoms with Crippen molar-refractivity contribution < 1.29 is 8.94 Å². The highest BCUT2D eigenvalue weighted by Crippen LogP contribution is 1.99. The Balaban J connectivity index is 1.78. The van der Waals surface area contributed by atoms with Crippen molar-refractivity contribution in [3.63, 3.8) is 0 Å². The number of aryl methyl sites for hydroxylation is 1. The maximum absolute atomic E-state index is 5.17. The average Bonchev–Trinajstić information content (AvgIpc) is 2.77. The summed E-state index contributed by atoms with van der Waals surface area (Å²) in [6, 6.07) is 1.80. The predicted molar refractivity (Wildman–Crippen MR) is 46.1 cm³/mol. The molecule has 0 aromatic carbocycles. The lowest BCUT2D eigenvalue weighted by Crippen LogP contribution is -2.12. The van der Waals surface area contributed by atoms with E-state index in [1.807, 2.05) is 0 Å². The summed E-state index contributed by atoms with van der Waals surface area (Å²) in [5.74, 6) is 1.92. The molecule has 14 heavy (non-hydrogen) atoms. The molecular formula is C8H10N4O2. The molecule has 0 aliphatic carbocycles. The van der Waals surface area contributed by atoms with Gasteiger partial charge in [0.15, 0.2) is 0 Å². The lowest BCUT2D eigenvalue weighted by Gasteiger charge is -1.96. The topological polar surface area (TPSA) is 77.0 Å². The first-order valence-electron chi connectivity index (χ1n) is 4.24. The van der Waals surface area contributed by atoms with Crippen molar-refractivity contribution in [1.82, 2.24) is 20.7 Å². The Hall–Kier alpha value is -1.69. The third-order valence-corrected chi connectivity index (χ3v) is 1.63. The summed E-state index contributed by atoms with van der Waals surface area (Å²) in [5, 5.41) is 14.2. The van der Waals surface area contributed by atoms with Crippen LogP contribution in [0.3, 0.4) is 0 Å². The van der Waals surface area contributed by atoms with Gasteiger partial charge in [-0.1, -0.05) is 5.16 Å². The van der Waals surface area contributed by atoms with E-state index in [4.69, 9.17) is 8.94 Å². The monoisotopic (exact) mass is 194 g/mol. The summed E-state index contributed by atoms with van der Waals surface area (Å²) in [5.41, 5.74) is 0. The molecule has 0 saturated heterocycles. The molecular weight excluding hydrogens is 184 g/mol. The zero-order valence-corrected chi connectivity index (χ0v) is 7.73. The second kappa shape index (κ2) is 4.01. The van der Waals surface area contributed by atoms with Crippen molar-refractivity contribution in [2.24, 2.45) is 0 Å². The highest BCUT2D eigenvalue weighted by molar-refractivity contribution is 4.92. The van der Waals surface area contributed by atoms with E-state index in [2.05, 4.69) is 20.7 Å². The molecule has 6 heteroatoms. The van der Waals surface area contributed by atoms with Gasteiger partial charge in [-0.15, -0.1) is 10.2 Å². The Kier molecular flexibility index (Phi) is 2.55. The first-order chi connectivity index (χ1) is 6.84. The van der Waals surface area contributed by atoms with Gasteiger partial charge in [-0.3, -0.25) is 0 Å². The van der Waals surface area contributed by atoms with Gasteiger partial charge < -0.3 is 14.3 Å². The number of rotatable bonds is 4. The minimum absolute atomic E-state index is 0.529. The van der Waals surface area contributed by atoms with E-state index in [-0.39, 0.29) is 0 Å². The number of aromatic nitrogens is 3. The van der Waals surface area contributed by atoms with E-state index >= 15 is 0 Å². The van der Waals surface area contributed by atoms with Gasteiger partial charge in [0.25, 0.3) is 0 Å². The van der Waals surface area contributed by atoms with E-state index in [9.17, 15) is 0 Å². The smallest absolute Gasteiger partial charge is 0.230 e. The number of hydrogen-bond donors (Lipinski definition) is 1. The Morgan fingerprint density at radius 3 is 2.93 bits per heavy atom. The van der Waals surface area contributed by atoms with Crippen molar-refractivity contribution in [2.45, 2.75) is 20.0 Å². The molecule has 0 bridgehead atoms. The number of hydrogen-bond acceptors (Lipinski definition) is 6. The molecule has 2 heterocycles. The highest BCUT2D eigenvalue weighted by atomic mass is 16.5. The second-order valence-corrected chi connectivity index (χ2v) is 2.80. The summed E-state index contributed by atoms with van der Waals surface area (Å²) < 4.78 is 10.1. The third kappa shape index (κ3) is 2.17. The standard InChI is InChI=1S/C8H10N4O2/c1-6-11-12-8(13-6)5-9-4-7-2-3-10-14-7/h2-3,9H,4-5H2,1H3. The third-order valence-electron chi connectivity index (χ3n) is 1.63. The van der Waals surface area contributed by atoms with Crippen LogP contribution < -0.4 is 5.32 Å². The highest BCUT2D eigenvalue weighted by Gasteiger charge is 2.02. The van der Waals surface area contributed by atoms with Crippen LogP contribution in [-0.4, -0.2) is 15.4 Å². The van der Waals surface area contributed by atoms with Gasteiger partial charge in [0.1, 0.15) is 5.76 Å². The molecule has 0 radical (unpaired) electrons. The maximum atomic E-state index is 5.17. The van der Waals surface area contributed by atoms with E-state index in [0.717, 1.165) is 5.76 Å². The fraction of sp³-hybridized carbons (Fsp3) is 0.375. The first-order valence-corrected chi connectivity index (χ1v) is 4.24. The van der Waals surface area contributed by atoms with Crippen molar-refractivity contribution in [3.8, 4) is 0 Å². The number of nitrogens with zero attached hydrogens (tertiary/aromatic N) is 3. The molecule has 2 rings (SSSR count). The lowest BCUT2D eigenvalue weighted by molar-refractivity contribution is 0.366. The van der Waals surface area contributed by atoms with Crippen LogP contribution in [0.1, 0.15) is 17.5 Å². The van der Waals surface area contributed by atoms with Gasteiger partial charge in [-0.25, -0.2) is 0 Å². The normalized spacial score (nSPS) is 10.6. The summed E-state index contributed by atoms with van der Waals surface area (Å²) in [6.45, 7) is 2.88. The molecule has 1 N–H and O–H groups in total. The van der Waals surface area contributed by atoms with E-state index < -0.39 is 0 Å². The summed E-state index contributed by atoms with van der Waals surface area (Å²) in [7, 11) is 0. The van der Waals surface area contributed by atoms with Crippen molar-refractivity contribution >= 4 is 0 Å². The zero-order chi connectivity index (χ0) is 9.80. The number of nitrogens with one attached hydrogen (secondary N) is 1. The SMILES string of the molecule is Cc1nnc(CNCc2ccno2)o1. The Bertz CT molecular complexity index is 382. The molecule has 0 atom stereocenters. The van der Waals surface area contributed by atoms with Gasteiger partial charge in [0, 0.05) is 13.0 Å². The van der Waals surface area contributed by atoms with Gasteiger partial charge in [0.2, 0.25) is 11.8 Å². The van der Waals surface area contributed by atoms with Gasteiger partial charge in [0.05, 0.1) is 19.3 Å². The fourth-order valence-electron chi connectivity index (χ4n) is 1.03. The Morgan fingerprint density at radius 2 is 2.29 bits per heavy atom. The minimum atomic E-state index is 0.529. The molecule has 0 fully saturated rings. The molecule has 0 amide bonds. The molecule has 6 nitrogen and oxygen atoms in total. The Morgan fingerprint density at radius 1 is 1.36 bits per heavy atom. The molecule has 0 aliphatic heterocycles. The molecule has 0 spiro atoms. The predicted octanol–water partition coefficient (Wildman–Crippen LogP) is 0.656. The van der Waals surface area contributed by atoms with Crippen LogP contribution in [0.2, 0.25) is 0 Å². The van der Waals surface area contributed by atoms with Crippen molar-refractivity contribution in [1.29, 1.82) is 0 Å². The molecule has 2 aromatic rings. The van der Waals surface area contributed by atoms with Crippen LogP contribution in [0.25, 0.3) is 0 Å². The summed E-state index contributed by atoms with van der Waals surface area (Å²) in [4.78, 5) is 0. The van der Waals surface area contributed by atoms with Crippen LogP contribution in [0, 0.1) is 6.92 Å². The molecule has 0 aliphatic rings. The van der Waals surface area contributed by atoms with Gasteiger partial charge in [-0.05, 0) is 0 Å². The molecule has 0 saturated carbocycles. The Labute approximate surface area is 80.3 Å². The van der Waals surface area contributed by atoms with E-state index in [0.29, 0.717) is 24.9 Å². The average molecular weight is 194 g/mol. The summed E-state index contributed by atoms with van der Waals surface area (Å²) in [6.07, 6.45) is 1.61. The second-order valence-electron chi connectivity index (χ2n) is 2.80. The fourth-order valence-corrected chi connectivity index (χ4v) is 1.03. The quantitative estimate of drug-likeness (QED) is 0.770. The first kappa shape index (κ1) is 8.89. The van der Waals surface area contributed by atoms with Crippen LogP contribution in [0.4, 0.5) is 0 Å². The van der Waals surface area contributed by atoms with Crippen LogP contribution in [0.5, 0.6) is 0 Å². The van der Waals surface area contributed by atoms with Crippen LogP contribution in [-0.2, 0) is 13.1 Å². The molecule has 2 aromatic heterocycles. The lowest BCUT2D eigenvalue weighted by atomic mass is 10.4. The van der Waals surface area contributed by atoms with Gasteiger partial charge in [-0.2, -0.15) is 0 Å². The van der Waals surface area contributed by atoms with Crippen molar-refractivity contribution in [2.75, 3.05) is 0 Å². The minimum Gasteiger partial charge on any atom is -0.424 e. The maximum Gasteiger partial charge on any atom is 0.230 e. The molecule has 0 unspecified atom stereocenters. The van der Waals surface area contributed by atoms with E-state index in [1.165, 1.54) is 0 Å². The largest absolute Gasteiger partial charge is 0.424 e. The van der Waals surface area contributed by atoms with Crippen molar-refractivity contribution in [3.05, 3.63) is 29.8 Å². The summed E-state index contributed by atoms with van der Waals surface area (Å²) >= 11 is 0.